The van der Waals surface area contributed by atoms with E-state index < -0.39 is 10.0 Å². The molecule has 9 heteroatoms. The fraction of sp³-hybridized carbons (Fsp3) is 0.588. The van der Waals surface area contributed by atoms with E-state index in [4.69, 9.17) is 21.7 Å². The van der Waals surface area contributed by atoms with E-state index in [0.717, 1.165) is 19.4 Å². The Morgan fingerprint density at radius 2 is 2.12 bits per heavy atom. The molecule has 0 spiro atoms. The Morgan fingerprint density at radius 1 is 1.38 bits per heavy atom. The summed E-state index contributed by atoms with van der Waals surface area (Å²) in [5, 5.41) is 6.54. The predicted octanol–water partition coefficient (Wildman–Crippen LogP) is 2.19. The van der Waals surface area contributed by atoms with Crippen LogP contribution in [0.25, 0.3) is 0 Å². The van der Waals surface area contributed by atoms with Crippen LogP contribution < -0.4 is 15.4 Å². The summed E-state index contributed by atoms with van der Waals surface area (Å²) in [7, 11) is -2.03. The number of methoxy groups -OCH3 is 1. The summed E-state index contributed by atoms with van der Waals surface area (Å²) in [5.74, 6) is 0.518. The average Bonchev–Trinajstić information content (AvgIpc) is 3.14. The van der Waals surface area contributed by atoms with Gasteiger partial charge in [-0.15, -0.1) is 0 Å². The number of benzene rings is 1. The maximum Gasteiger partial charge on any atom is 0.243 e. The van der Waals surface area contributed by atoms with Crippen molar-refractivity contribution in [2.24, 2.45) is 0 Å². The quantitative estimate of drug-likeness (QED) is 0.647. The summed E-state index contributed by atoms with van der Waals surface area (Å²) >= 11 is 5.32. The van der Waals surface area contributed by atoms with Crippen LogP contribution in [-0.4, -0.2) is 57.3 Å². The lowest BCUT2D eigenvalue weighted by atomic mass is 10.2. The number of thiocarbonyl (C=S) groups is 1. The van der Waals surface area contributed by atoms with Crippen molar-refractivity contribution in [2.75, 3.05) is 38.7 Å². The average molecular weight is 402 g/mol. The molecule has 7 nitrogen and oxygen atoms in total. The van der Waals surface area contributed by atoms with Crippen LogP contribution in [0.2, 0.25) is 0 Å². The molecule has 1 fully saturated rings. The third kappa shape index (κ3) is 5.06. The van der Waals surface area contributed by atoms with Gasteiger partial charge in [0.2, 0.25) is 10.0 Å². The zero-order valence-corrected chi connectivity index (χ0v) is 17.1. The van der Waals surface area contributed by atoms with E-state index in [1.807, 2.05) is 13.8 Å². The number of anilines is 1. The fourth-order valence-corrected chi connectivity index (χ4v) is 4.51. The summed E-state index contributed by atoms with van der Waals surface area (Å²) < 4.78 is 37.7. The highest BCUT2D eigenvalue weighted by Crippen LogP contribution is 2.29. The first kappa shape index (κ1) is 20.9. The first-order chi connectivity index (χ1) is 12.4. The van der Waals surface area contributed by atoms with Gasteiger partial charge in [0.15, 0.2) is 5.11 Å². The molecule has 1 aliphatic heterocycles. The van der Waals surface area contributed by atoms with Crippen molar-refractivity contribution in [3.8, 4) is 5.75 Å². The molecular formula is C17H27N3O4S2. The van der Waals surface area contributed by atoms with Gasteiger partial charge in [-0.05, 0) is 43.3 Å². The summed E-state index contributed by atoms with van der Waals surface area (Å²) in [6.07, 6.45) is 2.23. The second-order valence-electron chi connectivity index (χ2n) is 5.92. The number of hydrogen-bond donors (Lipinski definition) is 2. The Labute approximate surface area is 161 Å². The Hall–Kier alpha value is -1.42. The molecule has 1 atom stereocenters. The molecule has 1 saturated heterocycles. The number of hydrogen-bond acceptors (Lipinski definition) is 5. The molecule has 0 unspecified atom stereocenters. The standard InChI is InChI=1S/C17H27N3O4S2/c1-4-20(5-2)26(21,22)14-8-9-16(23-3)15(11-14)19-17(25)18-12-13-7-6-10-24-13/h8-9,11,13H,4-7,10,12H2,1-3H3,(H2,18,19,25)/t13-/m1/s1. The SMILES string of the molecule is CCN(CC)S(=O)(=O)c1ccc(OC)c(NC(=S)NC[C@H]2CCCO2)c1. The van der Waals surface area contributed by atoms with Crippen molar-refractivity contribution in [1.29, 1.82) is 0 Å². The second kappa shape index (κ2) is 9.50. The Balaban J connectivity index is 2.14. The molecule has 1 aromatic carbocycles. The van der Waals surface area contributed by atoms with E-state index in [9.17, 15) is 8.42 Å². The van der Waals surface area contributed by atoms with Crippen LogP contribution in [0.15, 0.2) is 23.1 Å². The lowest BCUT2D eigenvalue weighted by Crippen LogP contribution is -2.35. The third-order valence-electron chi connectivity index (χ3n) is 4.28. The third-order valence-corrected chi connectivity index (χ3v) is 6.57. The van der Waals surface area contributed by atoms with Gasteiger partial charge in [-0.1, -0.05) is 13.8 Å². The van der Waals surface area contributed by atoms with Crippen molar-refractivity contribution in [3.63, 3.8) is 0 Å². The van der Waals surface area contributed by atoms with Crippen LogP contribution in [0, 0.1) is 0 Å². The van der Waals surface area contributed by atoms with E-state index in [0.29, 0.717) is 36.2 Å². The minimum absolute atomic E-state index is 0.158. The van der Waals surface area contributed by atoms with Gasteiger partial charge < -0.3 is 20.1 Å². The van der Waals surface area contributed by atoms with Gasteiger partial charge in [-0.3, -0.25) is 0 Å². The Morgan fingerprint density at radius 3 is 2.69 bits per heavy atom. The van der Waals surface area contributed by atoms with Gasteiger partial charge in [-0.2, -0.15) is 4.31 Å². The van der Waals surface area contributed by atoms with Crippen molar-refractivity contribution in [2.45, 2.75) is 37.7 Å². The van der Waals surface area contributed by atoms with Gasteiger partial charge >= 0.3 is 0 Å². The first-order valence-corrected chi connectivity index (χ1v) is 10.6. The van der Waals surface area contributed by atoms with Crippen LogP contribution in [0.1, 0.15) is 26.7 Å². The molecule has 0 amide bonds. The topological polar surface area (TPSA) is 79.9 Å². The highest BCUT2D eigenvalue weighted by Gasteiger charge is 2.23. The van der Waals surface area contributed by atoms with Crippen LogP contribution >= 0.6 is 12.2 Å². The smallest absolute Gasteiger partial charge is 0.243 e. The molecule has 1 aliphatic rings. The van der Waals surface area contributed by atoms with E-state index >= 15 is 0 Å². The van der Waals surface area contributed by atoms with Crippen LogP contribution in [0.3, 0.4) is 0 Å². The molecule has 146 valence electrons. The summed E-state index contributed by atoms with van der Waals surface area (Å²) in [5.41, 5.74) is 0.505. The normalized spacial score (nSPS) is 17.3. The zero-order chi connectivity index (χ0) is 19.2. The van der Waals surface area contributed by atoms with Crippen molar-refractivity contribution >= 4 is 33.0 Å². The van der Waals surface area contributed by atoms with Gasteiger partial charge in [0.05, 0.1) is 23.8 Å². The van der Waals surface area contributed by atoms with Crippen LogP contribution in [0.5, 0.6) is 5.75 Å². The van der Waals surface area contributed by atoms with E-state index in [2.05, 4.69) is 10.6 Å². The molecule has 0 aromatic heterocycles. The molecule has 1 aromatic rings. The highest BCUT2D eigenvalue weighted by atomic mass is 32.2. The van der Waals surface area contributed by atoms with Gasteiger partial charge in [-0.25, -0.2) is 8.42 Å². The minimum atomic E-state index is -3.56. The number of rotatable bonds is 8. The molecule has 1 heterocycles. The molecule has 0 aliphatic carbocycles. The molecule has 2 N–H and O–H groups in total. The largest absolute Gasteiger partial charge is 0.495 e. The van der Waals surface area contributed by atoms with E-state index in [1.54, 1.807) is 18.2 Å². The predicted molar refractivity (Wildman–Crippen MR) is 106 cm³/mol. The number of ether oxygens (including phenoxy) is 2. The monoisotopic (exact) mass is 401 g/mol. The Kier molecular flexibility index (Phi) is 7.63. The maximum atomic E-state index is 12.7. The minimum Gasteiger partial charge on any atom is -0.495 e. The van der Waals surface area contributed by atoms with Gasteiger partial charge in [0, 0.05) is 26.2 Å². The molecule has 0 radical (unpaired) electrons. The second-order valence-corrected chi connectivity index (χ2v) is 8.27. The number of sulfonamides is 1. The lowest BCUT2D eigenvalue weighted by molar-refractivity contribution is 0.114. The zero-order valence-electron chi connectivity index (χ0n) is 15.4. The Bertz CT molecular complexity index is 715. The maximum absolute atomic E-state index is 12.7. The van der Waals surface area contributed by atoms with E-state index in [-0.39, 0.29) is 11.0 Å². The molecule has 0 saturated carbocycles. The number of nitrogens with zero attached hydrogens (tertiary/aromatic N) is 1. The molecule has 26 heavy (non-hydrogen) atoms. The number of nitrogens with one attached hydrogen (secondary N) is 2. The van der Waals surface area contributed by atoms with Crippen LogP contribution in [0.4, 0.5) is 5.69 Å². The van der Waals surface area contributed by atoms with Gasteiger partial charge in [0.25, 0.3) is 0 Å². The summed E-state index contributed by atoms with van der Waals surface area (Å²) in [6.45, 7) is 5.85. The molecule has 2 rings (SSSR count). The fourth-order valence-electron chi connectivity index (χ4n) is 2.84. The van der Waals surface area contributed by atoms with Crippen molar-refractivity contribution in [3.05, 3.63) is 18.2 Å². The highest BCUT2D eigenvalue weighted by molar-refractivity contribution is 7.89. The van der Waals surface area contributed by atoms with E-state index in [1.165, 1.54) is 11.4 Å². The summed E-state index contributed by atoms with van der Waals surface area (Å²) in [4.78, 5) is 0.200. The van der Waals surface area contributed by atoms with Gasteiger partial charge in [0.1, 0.15) is 5.75 Å². The first-order valence-electron chi connectivity index (χ1n) is 8.77. The summed E-state index contributed by atoms with van der Waals surface area (Å²) in [6, 6.07) is 4.72. The molecular weight excluding hydrogens is 374 g/mol. The van der Waals surface area contributed by atoms with Crippen molar-refractivity contribution < 1.29 is 17.9 Å². The molecule has 0 bridgehead atoms. The van der Waals surface area contributed by atoms with Crippen molar-refractivity contribution in [1.82, 2.24) is 9.62 Å². The lowest BCUT2D eigenvalue weighted by Gasteiger charge is -2.20. The van der Waals surface area contributed by atoms with Crippen LogP contribution in [-0.2, 0) is 14.8 Å².